The minimum atomic E-state index is -3.75. The first-order chi connectivity index (χ1) is 9.85. The summed E-state index contributed by atoms with van der Waals surface area (Å²) in [6, 6.07) is 8.85. The van der Waals surface area contributed by atoms with Crippen LogP contribution in [0, 0.1) is 0 Å². The molecule has 0 aliphatic heterocycles. The number of nitrogens with zero attached hydrogens (tertiary/aromatic N) is 1. The maximum Gasteiger partial charge on any atom is 0.321 e. The van der Waals surface area contributed by atoms with Crippen molar-refractivity contribution in [3.05, 3.63) is 35.9 Å². The molecule has 1 aromatic carbocycles. The van der Waals surface area contributed by atoms with Crippen molar-refractivity contribution >= 4 is 16.2 Å². The SMILES string of the molecule is CCOC(=O)CN(Cc1ccccc1)S(=O)(=O)NC(C)C. The Kier molecular flexibility index (Phi) is 6.80. The number of carbonyl (C=O) groups is 1. The molecule has 0 aliphatic carbocycles. The van der Waals surface area contributed by atoms with E-state index in [2.05, 4.69) is 4.72 Å². The summed E-state index contributed by atoms with van der Waals surface area (Å²) in [4.78, 5) is 11.6. The van der Waals surface area contributed by atoms with Crippen LogP contribution < -0.4 is 4.72 Å². The van der Waals surface area contributed by atoms with Crippen LogP contribution in [0.4, 0.5) is 0 Å². The summed E-state index contributed by atoms with van der Waals surface area (Å²) in [7, 11) is -3.75. The van der Waals surface area contributed by atoms with Crippen molar-refractivity contribution in [2.45, 2.75) is 33.4 Å². The monoisotopic (exact) mass is 314 g/mol. The van der Waals surface area contributed by atoms with Gasteiger partial charge < -0.3 is 4.74 Å². The van der Waals surface area contributed by atoms with Gasteiger partial charge in [-0.05, 0) is 26.3 Å². The molecule has 6 nitrogen and oxygen atoms in total. The van der Waals surface area contributed by atoms with Crippen molar-refractivity contribution in [1.29, 1.82) is 0 Å². The smallest absolute Gasteiger partial charge is 0.321 e. The van der Waals surface area contributed by atoms with Gasteiger partial charge >= 0.3 is 5.97 Å². The van der Waals surface area contributed by atoms with Gasteiger partial charge in [0.1, 0.15) is 6.54 Å². The van der Waals surface area contributed by atoms with Crippen LogP contribution >= 0.6 is 0 Å². The molecule has 0 bridgehead atoms. The van der Waals surface area contributed by atoms with Crippen molar-refractivity contribution in [2.75, 3.05) is 13.2 Å². The van der Waals surface area contributed by atoms with Gasteiger partial charge in [0, 0.05) is 12.6 Å². The molecule has 0 atom stereocenters. The number of rotatable bonds is 8. The molecule has 0 radical (unpaired) electrons. The standard InChI is InChI=1S/C14H22N2O4S/c1-4-20-14(17)11-16(21(18,19)15-12(2)3)10-13-8-6-5-7-9-13/h5-9,12,15H,4,10-11H2,1-3H3. The van der Waals surface area contributed by atoms with Gasteiger partial charge in [-0.1, -0.05) is 30.3 Å². The molecule has 0 aromatic heterocycles. The summed E-state index contributed by atoms with van der Waals surface area (Å²) in [6.07, 6.45) is 0. The number of carbonyl (C=O) groups excluding carboxylic acids is 1. The van der Waals surface area contributed by atoms with Crippen LogP contribution in [0.25, 0.3) is 0 Å². The molecule has 0 aliphatic rings. The first-order valence-electron chi connectivity index (χ1n) is 6.82. The summed E-state index contributed by atoms with van der Waals surface area (Å²) in [6.45, 7) is 5.15. The van der Waals surface area contributed by atoms with Crippen molar-refractivity contribution < 1.29 is 17.9 Å². The topological polar surface area (TPSA) is 75.7 Å². The zero-order chi connectivity index (χ0) is 15.9. The fourth-order valence-corrected chi connectivity index (χ4v) is 3.08. The Bertz CT molecular complexity index is 543. The highest BCUT2D eigenvalue weighted by Gasteiger charge is 2.25. The van der Waals surface area contributed by atoms with E-state index < -0.39 is 16.2 Å². The van der Waals surface area contributed by atoms with Gasteiger partial charge in [-0.25, -0.2) is 0 Å². The predicted octanol–water partition coefficient (Wildman–Crippen LogP) is 1.29. The molecular weight excluding hydrogens is 292 g/mol. The molecule has 0 heterocycles. The number of nitrogens with one attached hydrogen (secondary N) is 1. The number of hydrogen-bond donors (Lipinski definition) is 1. The van der Waals surface area contributed by atoms with Crippen molar-refractivity contribution in [3.8, 4) is 0 Å². The van der Waals surface area contributed by atoms with Crippen LogP contribution in [0.1, 0.15) is 26.3 Å². The second-order valence-electron chi connectivity index (χ2n) is 4.84. The lowest BCUT2D eigenvalue weighted by Gasteiger charge is -2.23. The minimum Gasteiger partial charge on any atom is -0.465 e. The van der Waals surface area contributed by atoms with Crippen LogP contribution in [-0.4, -0.2) is 37.9 Å². The largest absolute Gasteiger partial charge is 0.465 e. The Hall–Kier alpha value is -1.44. The van der Waals surface area contributed by atoms with Gasteiger partial charge in [0.2, 0.25) is 0 Å². The van der Waals surface area contributed by atoms with E-state index in [1.165, 1.54) is 0 Å². The summed E-state index contributed by atoms with van der Waals surface area (Å²) >= 11 is 0. The highest BCUT2D eigenvalue weighted by Crippen LogP contribution is 2.09. The van der Waals surface area contributed by atoms with Gasteiger partial charge in [0.05, 0.1) is 6.61 Å². The molecule has 0 saturated heterocycles. The number of hydrogen-bond acceptors (Lipinski definition) is 4. The molecule has 1 rings (SSSR count). The fourth-order valence-electron chi connectivity index (χ4n) is 1.74. The normalized spacial score (nSPS) is 11.9. The lowest BCUT2D eigenvalue weighted by Crippen LogP contribution is -2.45. The zero-order valence-corrected chi connectivity index (χ0v) is 13.4. The Morgan fingerprint density at radius 1 is 1.29 bits per heavy atom. The molecule has 0 unspecified atom stereocenters. The summed E-state index contributed by atoms with van der Waals surface area (Å²) < 4.78 is 33.0. The summed E-state index contributed by atoms with van der Waals surface area (Å²) in [5, 5.41) is 0. The number of ether oxygens (including phenoxy) is 1. The molecular formula is C14H22N2O4S. The highest BCUT2D eigenvalue weighted by atomic mass is 32.2. The van der Waals surface area contributed by atoms with Crippen LogP contribution in [0.5, 0.6) is 0 Å². The van der Waals surface area contributed by atoms with Crippen LogP contribution in [0.3, 0.4) is 0 Å². The molecule has 1 N–H and O–H groups in total. The molecule has 1 aromatic rings. The minimum absolute atomic E-state index is 0.113. The molecule has 21 heavy (non-hydrogen) atoms. The van der Waals surface area contributed by atoms with Crippen LogP contribution in [0.2, 0.25) is 0 Å². The Morgan fingerprint density at radius 3 is 2.43 bits per heavy atom. The average molecular weight is 314 g/mol. The second-order valence-corrected chi connectivity index (χ2v) is 6.54. The van der Waals surface area contributed by atoms with E-state index in [4.69, 9.17) is 4.74 Å². The third-order valence-corrected chi connectivity index (χ3v) is 4.24. The third-order valence-electron chi connectivity index (χ3n) is 2.54. The van der Waals surface area contributed by atoms with Gasteiger partial charge in [0.25, 0.3) is 10.2 Å². The number of benzene rings is 1. The van der Waals surface area contributed by atoms with E-state index in [0.29, 0.717) is 0 Å². The van der Waals surface area contributed by atoms with Gasteiger partial charge in [-0.15, -0.1) is 0 Å². The molecule has 0 fully saturated rings. The van der Waals surface area contributed by atoms with Crippen molar-refractivity contribution in [2.24, 2.45) is 0 Å². The molecule has 0 amide bonds. The zero-order valence-electron chi connectivity index (χ0n) is 12.6. The average Bonchev–Trinajstić information content (AvgIpc) is 2.38. The first-order valence-corrected chi connectivity index (χ1v) is 8.26. The van der Waals surface area contributed by atoms with E-state index in [-0.39, 0.29) is 25.7 Å². The van der Waals surface area contributed by atoms with Crippen LogP contribution in [0.15, 0.2) is 30.3 Å². The predicted molar refractivity (Wildman–Crippen MR) is 80.7 cm³/mol. The van der Waals surface area contributed by atoms with Gasteiger partial charge in [-0.3, -0.25) is 4.79 Å². The summed E-state index contributed by atoms with van der Waals surface area (Å²) in [5.41, 5.74) is 0.802. The lowest BCUT2D eigenvalue weighted by molar-refractivity contribution is -0.143. The molecule has 0 saturated carbocycles. The van der Waals surface area contributed by atoms with E-state index in [1.807, 2.05) is 30.3 Å². The molecule has 7 heteroatoms. The Morgan fingerprint density at radius 2 is 1.90 bits per heavy atom. The van der Waals surface area contributed by atoms with E-state index in [1.54, 1.807) is 20.8 Å². The van der Waals surface area contributed by atoms with Gasteiger partial charge in [0.15, 0.2) is 0 Å². The summed E-state index contributed by atoms with van der Waals surface area (Å²) in [5.74, 6) is -0.567. The van der Waals surface area contributed by atoms with Crippen LogP contribution in [-0.2, 0) is 26.3 Å². The van der Waals surface area contributed by atoms with Gasteiger partial charge in [-0.2, -0.15) is 17.4 Å². The Labute approximate surface area is 126 Å². The lowest BCUT2D eigenvalue weighted by atomic mass is 10.2. The Balaban J connectivity index is 2.91. The number of esters is 1. The maximum atomic E-state index is 12.3. The second kappa shape index (κ2) is 8.11. The van der Waals surface area contributed by atoms with E-state index in [9.17, 15) is 13.2 Å². The van der Waals surface area contributed by atoms with E-state index in [0.717, 1.165) is 9.87 Å². The highest BCUT2D eigenvalue weighted by molar-refractivity contribution is 7.87. The molecule has 0 spiro atoms. The third kappa shape index (κ3) is 6.24. The van der Waals surface area contributed by atoms with E-state index >= 15 is 0 Å². The van der Waals surface area contributed by atoms with Crippen molar-refractivity contribution in [1.82, 2.24) is 9.03 Å². The first kappa shape index (κ1) is 17.6. The fraction of sp³-hybridized carbons (Fsp3) is 0.500. The maximum absolute atomic E-state index is 12.3. The quantitative estimate of drug-likeness (QED) is 0.734. The van der Waals surface area contributed by atoms with Crippen molar-refractivity contribution in [3.63, 3.8) is 0 Å². The molecule has 118 valence electrons.